The molecule has 9 rings (SSSR count). The van der Waals surface area contributed by atoms with E-state index in [1.54, 1.807) is 84.9 Å². The molecule has 0 atom stereocenters. The molecule has 0 saturated heterocycles. The second-order valence-corrected chi connectivity index (χ2v) is 28.7. The summed E-state index contributed by atoms with van der Waals surface area (Å²) in [5, 5.41) is 34.7. The van der Waals surface area contributed by atoms with Gasteiger partial charge in [0.2, 0.25) is 0 Å². The van der Waals surface area contributed by atoms with Crippen molar-refractivity contribution < 1.29 is 96.6 Å². The first kappa shape index (κ1) is 98.2. The quantitative estimate of drug-likeness (QED) is 0.00419. The predicted octanol–water partition coefficient (Wildman–Crippen LogP) is 18.6. The minimum atomic E-state index is -3.83. The van der Waals surface area contributed by atoms with E-state index in [9.17, 15) is 32.0 Å². The van der Waals surface area contributed by atoms with Gasteiger partial charge in [0.15, 0.2) is 0 Å². The van der Waals surface area contributed by atoms with E-state index in [2.05, 4.69) is 26.0 Å². The fourth-order valence-corrected chi connectivity index (χ4v) is 13.1. The third-order valence-electron chi connectivity index (χ3n) is 15.2. The first-order valence-electron chi connectivity index (χ1n) is 34.3. The number of halogens is 10. The number of aliphatic carboxylic acids is 1. The summed E-state index contributed by atoms with van der Waals surface area (Å²) in [6, 6.07) is 58.1. The van der Waals surface area contributed by atoms with E-state index in [1.165, 1.54) is 17.0 Å². The minimum Gasteiger partial charge on any atom is -0.481 e. The molecule has 3 N–H and O–H groups in total. The van der Waals surface area contributed by atoms with Gasteiger partial charge in [0, 0.05) is 109 Å². The Balaban J connectivity index is 0.000000490. The zero-order valence-corrected chi connectivity index (χ0v) is 71.1. The van der Waals surface area contributed by atoms with Crippen LogP contribution in [0.3, 0.4) is 0 Å². The van der Waals surface area contributed by atoms with Crippen molar-refractivity contribution in [2.75, 3.05) is 58.7 Å². The van der Waals surface area contributed by atoms with Gasteiger partial charge in [0.1, 0.15) is 0 Å². The van der Waals surface area contributed by atoms with Crippen molar-refractivity contribution in [1.29, 1.82) is 0 Å². The molecule has 9 aromatic carbocycles. The fourth-order valence-electron chi connectivity index (χ4n) is 9.82. The predicted molar refractivity (Wildman–Crippen MR) is 440 cm³/mol. The second-order valence-electron chi connectivity index (χ2n) is 23.0. The van der Waals surface area contributed by atoms with E-state index in [0.717, 1.165) is 84.1 Å². The number of rotatable bonds is 31. The summed E-state index contributed by atoms with van der Waals surface area (Å²) in [6.45, 7) is 2.93. The molecule has 19 nitrogen and oxygen atoms in total. The van der Waals surface area contributed by atoms with Crippen LogP contribution in [0.25, 0.3) is 26.4 Å². The molecular formula is C80H81BrCl8FN6NaO13S. The zero-order valence-electron chi connectivity index (χ0n) is 61.6. The Bertz CT molecular complexity index is 4520. The van der Waals surface area contributed by atoms with Crippen LogP contribution >= 0.6 is 109 Å². The Morgan fingerprint density at radius 2 is 0.730 bits per heavy atom. The number of nitrogens with zero attached hydrogens (tertiary/aromatic N) is 6. The van der Waals surface area contributed by atoms with Gasteiger partial charge in [-0.15, -0.1) is 0 Å². The maximum atomic E-state index is 12.3. The molecule has 0 bridgehead atoms. The number of aryl methyl sites for hydroxylation is 1. The standard InChI is InChI=1S/C25H24Cl2O5S.C18H17Cl2N3O2.C18H18Cl2O3.C15H12Cl2O2.C3H7BrO.CH3F.N3.Na/c1-18-10-12-21(13-11-18)33(29,30)32-15-5-14-31-25(28)17-20-7-3-2-6-19(20)16-22-23(26)8-4-9-24(22)27;19-16-7-3-8-17(20)15(16)11-13-5-1-2-6-14(13)12-18(24)25-10-4-9-22-23-21;19-16-7-3-8-17(20)15(16)11-13-5-1-2-6-14(13)12-18(22)23-10-4-9-21;16-13-6-3-7-14(17)12(13)8-10-4-1-2-5-11(10)9-15(18)19;4-2-1-3-5;1-2;1-3-2;/h2-4,6-13H,5,14-17H2,1H3;1-3,5-8H,4,9-12H2;1-3,5-8,21H,4,9-12H2;1-7H,8-9H2,(H,18,19);5H,1-3H2;1H3;;/q;;;;;;-1;+1/i;;;;;1D;;. The molecule has 0 spiro atoms. The van der Waals surface area contributed by atoms with E-state index >= 15 is 0 Å². The van der Waals surface area contributed by atoms with E-state index in [1.807, 2.05) is 104 Å². The van der Waals surface area contributed by atoms with Crippen LogP contribution in [-0.4, -0.2) is 106 Å². The van der Waals surface area contributed by atoms with Crippen molar-refractivity contribution in [1.82, 2.24) is 0 Å². The van der Waals surface area contributed by atoms with E-state index in [4.69, 9.17) is 144 Å². The normalized spacial score (nSPS) is 10.3. The molecule has 0 saturated carbocycles. The zero-order chi connectivity index (χ0) is 81.9. The summed E-state index contributed by atoms with van der Waals surface area (Å²) in [4.78, 5) is 51.3. The van der Waals surface area contributed by atoms with Crippen LogP contribution in [0.1, 0.15) is 99.4 Å². The number of carbonyl (C=O) groups excluding carboxylic acids is 3. The van der Waals surface area contributed by atoms with Crippen molar-refractivity contribution in [3.8, 4) is 0 Å². The first-order valence-corrected chi connectivity index (χ1v) is 39.1. The summed E-state index contributed by atoms with van der Waals surface area (Å²) < 4.78 is 60.4. The number of benzene rings is 9. The van der Waals surface area contributed by atoms with Crippen molar-refractivity contribution in [2.45, 2.75) is 88.9 Å². The molecule has 9 aromatic rings. The van der Waals surface area contributed by atoms with Gasteiger partial charge in [0.25, 0.3) is 10.1 Å². The van der Waals surface area contributed by atoms with Crippen molar-refractivity contribution in [3.63, 3.8) is 0 Å². The van der Waals surface area contributed by atoms with Crippen LogP contribution in [0, 0.1) is 6.92 Å². The molecule has 0 aromatic heterocycles. The van der Waals surface area contributed by atoms with Gasteiger partial charge in [-0.2, -0.15) is 8.42 Å². The average Bonchev–Trinajstić information content (AvgIpc) is 0.855. The number of carbonyl (C=O) groups is 4. The van der Waals surface area contributed by atoms with Gasteiger partial charge in [-0.3, -0.25) is 32.7 Å². The molecule has 0 aliphatic carbocycles. The average molecular weight is 1770 g/mol. The Morgan fingerprint density at radius 3 is 1.00 bits per heavy atom. The minimum absolute atomic E-state index is 0. The number of carboxylic acid groups (broad SMARTS) is 1. The number of aliphatic hydroxyl groups excluding tert-OH is 2. The third-order valence-corrected chi connectivity index (χ3v) is 19.9. The summed E-state index contributed by atoms with van der Waals surface area (Å²) in [5.74, 6) is -1.89. The summed E-state index contributed by atoms with van der Waals surface area (Å²) in [6.07, 6.45) is 4.62. The third kappa shape index (κ3) is 39.1. The number of alkyl halides is 2. The number of azide groups is 1. The van der Waals surface area contributed by atoms with Crippen LogP contribution in [0.4, 0.5) is 4.39 Å². The maximum Gasteiger partial charge on any atom is 1.00 e. The molecule has 0 heterocycles. The van der Waals surface area contributed by atoms with Gasteiger partial charge in [-0.05, 0) is 153 Å². The molecule has 0 aliphatic heterocycles. The van der Waals surface area contributed by atoms with Gasteiger partial charge in [-0.25, -0.2) is 0 Å². The molecule has 586 valence electrons. The second kappa shape index (κ2) is 58.0. The van der Waals surface area contributed by atoms with Crippen LogP contribution in [-0.2, 0) is 99.1 Å². The van der Waals surface area contributed by atoms with Crippen LogP contribution in [0.2, 0.25) is 40.2 Å². The van der Waals surface area contributed by atoms with Crippen LogP contribution < -0.4 is 29.6 Å². The van der Waals surface area contributed by atoms with Crippen molar-refractivity contribution >= 4 is 143 Å². The number of aliphatic hydroxyl groups is 2. The number of esters is 3. The molecule has 0 unspecified atom stereocenters. The maximum absolute atomic E-state index is 12.3. The molecule has 0 fully saturated rings. The van der Waals surface area contributed by atoms with Gasteiger partial charge < -0.3 is 40.6 Å². The first-order chi connectivity index (χ1) is 53.3. The molecular weight excluding hydrogens is 1690 g/mol. The molecule has 0 aliphatic rings. The van der Waals surface area contributed by atoms with Crippen molar-refractivity contribution in [3.05, 3.63) is 333 Å². The van der Waals surface area contributed by atoms with Crippen molar-refractivity contribution in [2.24, 2.45) is 5.11 Å². The van der Waals surface area contributed by atoms with Crippen LogP contribution in [0.15, 0.2) is 204 Å². The largest absolute Gasteiger partial charge is 1.00 e. The SMILES string of the molecule is Cc1ccc(S(=O)(=O)OCCCOC(=O)Cc2ccccc2Cc2c(Cl)cccc2Cl)cc1.O=C(Cc1ccccc1Cc1c(Cl)cccc1Cl)OCCCO.O=C(O)Cc1ccccc1Cc1c(Cl)cccc1Cl.OCCCBr.[2H]CF.[N-]=[N+]=NCCCOC(=O)Cc1ccccc1Cc1c(Cl)cccc1Cl.[N-]=[N+]=[N-].[Na+]. The van der Waals surface area contributed by atoms with Crippen LogP contribution in [0.5, 0.6) is 0 Å². The Labute approximate surface area is 718 Å². The monoisotopic (exact) mass is 1770 g/mol. The van der Waals surface area contributed by atoms with Gasteiger partial charge in [0.05, 0.1) is 65.5 Å². The Hall–Kier alpha value is -6.96. The molecule has 31 heteroatoms. The van der Waals surface area contributed by atoms with E-state index < -0.39 is 29.2 Å². The van der Waals surface area contributed by atoms with E-state index in [0.29, 0.717) is 91.9 Å². The number of hydrogen-bond acceptors (Lipinski definition) is 13. The summed E-state index contributed by atoms with van der Waals surface area (Å²) in [5.41, 5.74) is 33.1. The van der Waals surface area contributed by atoms with Gasteiger partial charge >= 0.3 is 53.4 Å². The summed E-state index contributed by atoms with van der Waals surface area (Å²) in [7, 11) is -4.83. The summed E-state index contributed by atoms with van der Waals surface area (Å²) >= 11 is 52.9. The Morgan fingerprint density at radius 1 is 0.450 bits per heavy atom. The molecule has 111 heavy (non-hydrogen) atoms. The molecule has 0 radical (unpaired) electrons. The molecule has 0 amide bonds. The smallest absolute Gasteiger partial charge is 0.481 e. The number of ether oxygens (including phenoxy) is 3. The number of hydrogen-bond donors (Lipinski definition) is 3. The van der Waals surface area contributed by atoms with Gasteiger partial charge in [-0.1, -0.05) is 253 Å². The topological polar surface area (TPSA) is 307 Å². The fraction of sp³-hybridized carbons (Fsp3) is 0.275. The Kier molecular flexibility index (Phi) is 51.3. The number of carboxylic acids is 1. The van der Waals surface area contributed by atoms with E-state index in [-0.39, 0.29) is 112 Å².